The van der Waals surface area contributed by atoms with Crippen molar-refractivity contribution in [2.24, 2.45) is 0 Å². The Hall–Kier alpha value is -6.40. The van der Waals surface area contributed by atoms with Crippen LogP contribution in [0.3, 0.4) is 0 Å². The van der Waals surface area contributed by atoms with Crippen molar-refractivity contribution in [2.45, 2.75) is 0 Å². The maximum Gasteiger partial charge on any atom is 0.227 e. The molecule has 0 bridgehead atoms. The second kappa shape index (κ2) is 14.2. The number of hydrogen-bond donors (Lipinski definition) is 2. The van der Waals surface area contributed by atoms with Gasteiger partial charge in [-0.15, -0.1) is 0 Å². The van der Waals surface area contributed by atoms with E-state index in [1.807, 2.05) is 79.1 Å². The normalized spacial score (nSPS) is 13.4. The van der Waals surface area contributed by atoms with Crippen LogP contribution in [0, 0.1) is 0 Å². The van der Waals surface area contributed by atoms with Gasteiger partial charge in [0.15, 0.2) is 11.5 Å². The van der Waals surface area contributed by atoms with Gasteiger partial charge >= 0.3 is 0 Å². The number of aromatic nitrogens is 6. The molecule has 1 aliphatic rings. The van der Waals surface area contributed by atoms with E-state index in [9.17, 15) is 0 Å². The van der Waals surface area contributed by atoms with E-state index in [1.165, 1.54) is 0 Å². The number of para-hydroxylation sites is 2. The molecular weight excluding hydrogens is 640 g/mol. The van der Waals surface area contributed by atoms with E-state index in [-0.39, 0.29) is 5.95 Å². The second-order valence-electron chi connectivity index (χ2n) is 12.2. The lowest BCUT2D eigenvalue weighted by Gasteiger charge is -2.34. The molecular formula is C39H36N10O2. The highest BCUT2D eigenvalue weighted by Crippen LogP contribution is 2.37. The number of hydrogen-bond acceptors (Lipinski definition) is 12. The van der Waals surface area contributed by atoms with E-state index in [4.69, 9.17) is 20.2 Å². The molecule has 5 heterocycles. The molecule has 0 spiro atoms. The van der Waals surface area contributed by atoms with Crippen LogP contribution in [0.4, 0.5) is 23.4 Å². The minimum atomic E-state index is 0.197. The first kappa shape index (κ1) is 31.8. The number of methoxy groups -OCH3 is 1. The topological polar surface area (TPSA) is 140 Å². The molecule has 1 saturated heterocycles. The van der Waals surface area contributed by atoms with E-state index >= 15 is 0 Å². The molecule has 0 radical (unpaired) electrons. The SMILES string of the molecule is COc1cc(-c2cnc(N)nc2-c2cnc3ccccc3c2)ccc1OCCN1CCN(c2nccc(Nc3cnc4ccccc4c3)n2)CC1. The molecule has 51 heavy (non-hydrogen) atoms. The molecule has 12 nitrogen and oxygen atoms in total. The number of nitrogens with two attached hydrogens (primary N) is 1. The standard InChI is InChI=1S/C39H36N10O2/c1-50-35-22-26(31-25-44-38(40)47-37(31)29-20-27-6-2-4-8-32(27)42-23-29)10-11-34(35)51-19-18-48-14-16-49(17-15-48)39-41-13-12-36(46-39)45-30-21-28-7-3-5-9-33(28)43-24-30/h2-13,20-25H,14-19H2,1H3,(H2,40,44,47)(H,41,45,46). The zero-order valence-corrected chi connectivity index (χ0v) is 28.1. The van der Waals surface area contributed by atoms with Gasteiger partial charge < -0.3 is 25.4 Å². The van der Waals surface area contributed by atoms with Gasteiger partial charge in [0.1, 0.15) is 12.4 Å². The summed E-state index contributed by atoms with van der Waals surface area (Å²) < 4.78 is 12.0. The van der Waals surface area contributed by atoms with E-state index in [2.05, 4.69) is 58.2 Å². The third kappa shape index (κ3) is 7.03. The third-order valence-corrected chi connectivity index (χ3v) is 8.97. The number of benzene rings is 3. The molecule has 4 aromatic heterocycles. The summed E-state index contributed by atoms with van der Waals surface area (Å²) in [5, 5.41) is 5.47. The highest BCUT2D eigenvalue weighted by molar-refractivity contribution is 5.88. The Kier molecular flexibility index (Phi) is 8.88. The summed E-state index contributed by atoms with van der Waals surface area (Å²) in [5.41, 5.74) is 12.0. The summed E-state index contributed by atoms with van der Waals surface area (Å²) >= 11 is 0. The summed E-state index contributed by atoms with van der Waals surface area (Å²) in [4.78, 5) is 32.0. The van der Waals surface area contributed by atoms with Crippen LogP contribution >= 0.6 is 0 Å². The molecule has 254 valence electrons. The average molecular weight is 677 g/mol. The Balaban J connectivity index is 0.882. The largest absolute Gasteiger partial charge is 0.493 e. The lowest BCUT2D eigenvalue weighted by atomic mass is 10.0. The molecule has 1 fully saturated rings. The first-order valence-corrected chi connectivity index (χ1v) is 16.8. The smallest absolute Gasteiger partial charge is 0.227 e. The minimum absolute atomic E-state index is 0.197. The highest BCUT2D eigenvalue weighted by atomic mass is 16.5. The number of rotatable bonds is 10. The molecule has 3 N–H and O–H groups in total. The number of nitrogens with one attached hydrogen (secondary N) is 1. The highest BCUT2D eigenvalue weighted by Gasteiger charge is 2.20. The zero-order valence-electron chi connectivity index (χ0n) is 28.1. The van der Waals surface area contributed by atoms with Crippen LogP contribution in [0.15, 0.2) is 110 Å². The van der Waals surface area contributed by atoms with Gasteiger partial charge in [-0.3, -0.25) is 14.9 Å². The van der Waals surface area contributed by atoms with Gasteiger partial charge in [-0.1, -0.05) is 42.5 Å². The van der Waals surface area contributed by atoms with Gasteiger partial charge in [0, 0.05) is 73.2 Å². The maximum atomic E-state index is 6.23. The third-order valence-electron chi connectivity index (χ3n) is 8.97. The fourth-order valence-electron chi connectivity index (χ4n) is 6.30. The number of ether oxygens (including phenoxy) is 2. The fourth-order valence-corrected chi connectivity index (χ4v) is 6.30. The van der Waals surface area contributed by atoms with Gasteiger partial charge in [0.25, 0.3) is 0 Å². The van der Waals surface area contributed by atoms with Crippen molar-refractivity contribution in [1.82, 2.24) is 34.8 Å². The number of nitrogens with zero attached hydrogens (tertiary/aromatic N) is 8. The average Bonchev–Trinajstić information content (AvgIpc) is 3.18. The number of fused-ring (bicyclic) bond motifs is 2. The van der Waals surface area contributed by atoms with Gasteiger partial charge in [0.05, 0.1) is 35.7 Å². The Bertz CT molecular complexity index is 2330. The number of piperazine rings is 1. The van der Waals surface area contributed by atoms with Crippen LogP contribution in [0.5, 0.6) is 11.5 Å². The summed E-state index contributed by atoms with van der Waals surface area (Å²) in [7, 11) is 1.64. The van der Waals surface area contributed by atoms with Crippen LogP contribution < -0.4 is 25.4 Å². The molecule has 1 aliphatic heterocycles. The zero-order chi connectivity index (χ0) is 34.6. The Labute approximate surface area is 295 Å². The van der Waals surface area contributed by atoms with Crippen molar-refractivity contribution < 1.29 is 9.47 Å². The van der Waals surface area contributed by atoms with Crippen molar-refractivity contribution in [2.75, 3.05) is 62.4 Å². The first-order valence-electron chi connectivity index (χ1n) is 16.8. The van der Waals surface area contributed by atoms with Crippen LogP contribution in [-0.4, -0.2) is 81.2 Å². The van der Waals surface area contributed by atoms with Gasteiger partial charge in [-0.05, 0) is 48.0 Å². The van der Waals surface area contributed by atoms with Crippen LogP contribution in [0.25, 0.3) is 44.2 Å². The van der Waals surface area contributed by atoms with Gasteiger partial charge in [0.2, 0.25) is 11.9 Å². The quantitative estimate of drug-likeness (QED) is 0.170. The van der Waals surface area contributed by atoms with E-state index in [0.717, 1.165) is 82.7 Å². The number of pyridine rings is 2. The molecule has 3 aromatic carbocycles. The van der Waals surface area contributed by atoms with Crippen LogP contribution in [0.2, 0.25) is 0 Å². The summed E-state index contributed by atoms with van der Waals surface area (Å²) in [6.45, 7) is 4.68. The summed E-state index contributed by atoms with van der Waals surface area (Å²) in [5.74, 6) is 2.94. The van der Waals surface area contributed by atoms with Crippen molar-refractivity contribution in [3.63, 3.8) is 0 Å². The Morgan fingerprint density at radius 2 is 1.49 bits per heavy atom. The lowest BCUT2D eigenvalue weighted by molar-refractivity contribution is 0.196. The Morgan fingerprint density at radius 1 is 0.725 bits per heavy atom. The van der Waals surface area contributed by atoms with Crippen molar-refractivity contribution in [3.05, 3.63) is 110 Å². The number of nitrogen functional groups attached to an aromatic ring is 1. The monoisotopic (exact) mass is 676 g/mol. The molecule has 0 amide bonds. The van der Waals surface area contributed by atoms with Crippen molar-refractivity contribution in [3.8, 4) is 33.9 Å². The molecule has 0 saturated carbocycles. The molecule has 12 heteroatoms. The Morgan fingerprint density at radius 3 is 2.29 bits per heavy atom. The predicted octanol–water partition coefficient (Wildman–Crippen LogP) is 6.23. The molecule has 7 aromatic rings. The molecule has 0 atom stereocenters. The van der Waals surface area contributed by atoms with Gasteiger partial charge in [-0.2, -0.15) is 4.98 Å². The molecule has 0 unspecified atom stereocenters. The lowest BCUT2D eigenvalue weighted by Crippen LogP contribution is -2.48. The van der Waals surface area contributed by atoms with E-state index in [1.54, 1.807) is 19.5 Å². The minimum Gasteiger partial charge on any atom is -0.493 e. The molecule has 8 rings (SSSR count). The summed E-state index contributed by atoms with van der Waals surface area (Å²) in [6, 6.07) is 27.9. The van der Waals surface area contributed by atoms with Crippen LogP contribution in [-0.2, 0) is 0 Å². The maximum absolute atomic E-state index is 6.23. The first-order chi connectivity index (χ1) is 25.1. The predicted molar refractivity (Wildman–Crippen MR) is 200 cm³/mol. The fraction of sp³-hybridized carbons (Fsp3) is 0.179. The van der Waals surface area contributed by atoms with Gasteiger partial charge in [-0.25, -0.2) is 15.0 Å². The van der Waals surface area contributed by atoms with Crippen molar-refractivity contribution in [1.29, 1.82) is 0 Å². The van der Waals surface area contributed by atoms with E-state index < -0.39 is 0 Å². The van der Waals surface area contributed by atoms with E-state index in [0.29, 0.717) is 29.7 Å². The van der Waals surface area contributed by atoms with Crippen molar-refractivity contribution >= 4 is 45.2 Å². The second-order valence-corrected chi connectivity index (χ2v) is 12.2. The molecule has 0 aliphatic carbocycles. The van der Waals surface area contributed by atoms with Crippen LogP contribution in [0.1, 0.15) is 0 Å². The summed E-state index contributed by atoms with van der Waals surface area (Å²) in [6.07, 6.45) is 7.17. The number of anilines is 4.